The number of halogens is 1. The number of alkyl halides is 1. The molecule has 10 atom stereocenters. The van der Waals surface area contributed by atoms with Gasteiger partial charge in [0.2, 0.25) is 0 Å². The van der Waals surface area contributed by atoms with Crippen molar-refractivity contribution in [2.75, 3.05) is 5.88 Å². The summed E-state index contributed by atoms with van der Waals surface area (Å²) < 4.78 is 23.6. The zero-order valence-corrected chi connectivity index (χ0v) is 27.7. The minimum atomic E-state index is -2.30. The predicted octanol–water partition coefficient (Wildman–Crippen LogP) is 2.22. The molecule has 4 N–H and O–H groups in total. The van der Waals surface area contributed by atoms with Crippen LogP contribution in [0.5, 0.6) is 0 Å². The summed E-state index contributed by atoms with van der Waals surface area (Å²) in [7, 11) is 0. The molecule has 0 unspecified atom stereocenters. The van der Waals surface area contributed by atoms with Gasteiger partial charge in [-0.2, -0.15) is 0 Å². The molecule has 0 amide bonds. The van der Waals surface area contributed by atoms with E-state index in [1.165, 1.54) is 39.8 Å². The molecule has 0 aliphatic heterocycles. The molecule has 46 heavy (non-hydrogen) atoms. The number of rotatable bonds is 7. The van der Waals surface area contributed by atoms with Gasteiger partial charge in [-0.1, -0.05) is 25.1 Å². The number of hydrogen-bond donors (Lipinski definition) is 4. The number of carbonyl (C=O) groups is 4. The first kappa shape index (κ1) is 35.8. The minimum absolute atomic E-state index is 0.0303. The molecule has 0 aromatic heterocycles. The van der Waals surface area contributed by atoms with Gasteiger partial charge in [-0.15, -0.1) is 11.6 Å². The van der Waals surface area contributed by atoms with Crippen molar-refractivity contribution in [1.82, 2.24) is 0 Å². The molecule has 12 nitrogen and oxygen atoms in total. The lowest BCUT2D eigenvalue weighted by atomic mass is 9.51. The Morgan fingerprint density at radius 2 is 1.46 bits per heavy atom. The van der Waals surface area contributed by atoms with Crippen LogP contribution in [-0.2, 0) is 33.3 Å². The minimum Gasteiger partial charge on any atom is -0.462 e. The first-order valence-corrected chi connectivity index (χ1v) is 15.7. The van der Waals surface area contributed by atoms with Crippen LogP contribution in [0.15, 0.2) is 41.5 Å². The van der Waals surface area contributed by atoms with Crippen molar-refractivity contribution in [3.8, 4) is 0 Å². The number of carbonyl (C=O) groups excluding carboxylic acids is 4. The first-order valence-electron chi connectivity index (χ1n) is 15.1. The van der Waals surface area contributed by atoms with Crippen LogP contribution >= 0.6 is 11.6 Å². The van der Waals surface area contributed by atoms with Gasteiger partial charge in [0.15, 0.2) is 0 Å². The quantitative estimate of drug-likeness (QED) is 0.144. The fourth-order valence-electron chi connectivity index (χ4n) is 8.30. The molecular weight excluding hydrogens is 624 g/mol. The molecule has 2 fully saturated rings. The van der Waals surface area contributed by atoms with Crippen molar-refractivity contribution in [3.63, 3.8) is 0 Å². The summed E-state index contributed by atoms with van der Waals surface area (Å²) in [6, 6.07) is 7.90. The third-order valence-corrected chi connectivity index (χ3v) is 10.7. The summed E-state index contributed by atoms with van der Waals surface area (Å²) in [6.07, 6.45) is -9.77. The van der Waals surface area contributed by atoms with Gasteiger partial charge in [0.05, 0.1) is 34.0 Å². The molecule has 1 aromatic rings. The molecule has 0 heterocycles. The third kappa shape index (κ3) is 5.61. The van der Waals surface area contributed by atoms with E-state index in [-0.39, 0.29) is 29.6 Å². The van der Waals surface area contributed by atoms with Gasteiger partial charge < -0.3 is 39.4 Å². The highest BCUT2D eigenvalue weighted by molar-refractivity contribution is 6.18. The van der Waals surface area contributed by atoms with E-state index in [0.717, 1.165) is 20.8 Å². The zero-order chi connectivity index (χ0) is 34.6. The Bertz CT molecular complexity index is 1400. The van der Waals surface area contributed by atoms with Crippen LogP contribution < -0.4 is 0 Å². The number of aliphatic hydroxyl groups is 4. The highest BCUT2D eigenvalue weighted by Crippen LogP contribution is 2.66. The normalized spacial score (nSPS) is 37.3. The lowest BCUT2D eigenvalue weighted by Gasteiger charge is -2.60. The summed E-state index contributed by atoms with van der Waals surface area (Å²) in [6.45, 7) is 9.22. The molecular formula is C33H43ClO12. The second-order valence-electron chi connectivity index (χ2n) is 13.4. The van der Waals surface area contributed by atoms with Crippen molar-refractivity contribution >= 4 is 35.5 Å². The number of benzene rings is 1. The predicted molar refractivity (Wildman–Crippen MR) is 162 cm³/mol. The summed E-state index contributed by atoms with van der Waals surface area (Å²) in [5.74, 6) is -5.49. The summed E-state index contributed by atoms with van der Waals surface area (Å²) in [5.41, 5.74) is -7.48. The van der Waals surface area contributed by atoms with E-state index in [1.54, 1.807) is 18.2 Å². The highest BCUT2D eigenvalue weighted by atomic mass is 35.5. The Morgan fingerprint density at radius 1 is 0.913 bits per heavy atom. The number of fused-ring (bicyclic) bond motifs is 2. The van der Waals surface area contributed by atoms with Crippen LogP contribution in [0, 0.1) is 16.7 Å². The molecule has 4 rings (SSSR count). The van der Waals surface area contributed by atoms with E-state index >= 15 is 0 Å². The molecule has 3 aliphatic carbocycles. The van der Waals surface area contributed by atoms with E-state index in [2.05, 4.69) is 0 Å². The van der Waals surface area contributed by atoms with Gasteiger partial charge >= 0.3 is 23.9 Å². The molecule has 0 bridgehead atoms. The van der Waals surface area contributed by atoms with E-state index in [4.69, 9.17) is 30.5 Å². The SMILES string of the molecule is CC(=O)O[C@H]1C[C@H](OC(C)=O)[C@]2(C)[C@H]([C@H](OC(C)=O)[C@]3(C(C)(C)O)C[C@H](O)C(C)=C3[C@@H](O)[C@@H]2OC(=O)c2ccccc2)[C@]1(O)CCl. The van der Waals surface area contributed by atoms with Crippen LogP contribution in [-0.4, -0.2) is 98.0 Å². The lowest BCUT2D eigenvalue weighted by molar-refractivity contribution is -0.279. The number of hydrogen-bond acceptors (Lipinski definition) is 12. The van der Waals surface area contributed by atoms with Crippen LogP contribution in [0.4, 0.5) is 0 Å². The first-order chi connectivity index (χ1) is 21.3. The second-order valence-corrected chi connectivity index (χ2v) is 13.7. The summed E-state index contributed by atoms with van der Waals surface area (Å²) >= 11 is 6.55. The Morgan fingerprint density at radius 3 is 1.96 bits per heavy atom. The largest absolute Gasteiger partial charge is 0.462 e. The van der Waals surface area contributed by atoms with Gasteiger partial charge in [-0.25, -0.2) is 4.79 Å². The molecule has 254 valence electrons. The molecule has 3 aliphatic rings. The van der Waals surface area contributed by atoms with Crippen molar-refractivity contribution in [1.29, 1.82) is 0 Å². The number of ether oxygens (including phenoxy) is 4. The summed E-state index contributed by atoms with van der Waals surface area (Å²) in [4.78, 5) is 51.7. The van der Waals surface area contributed by atoms with Crippen LogP contribution in [0.3, 0.4) is 0 Å². The van der Waals surface area contributed by atoms with Crippen LogP contribution in [0.25, 0.3) is 0 Å². The second kappa shape index (κ2) is 12.5. The van der Waals surface area contributed by atoms with Gasteiger partial charge in [0.1, 0.15) is 36.1 Å². The van der Waals surface area contributed by atoms with Gasteiger partial charge in [-0.3, -0.25) is 14.4 Å². The fraction of sp³-hybridized carbons (Fsp3) is 0.636. The Labute approximate surface area is 272 Å². The fourth-order valence-corrected chi connectivity index (χ4v) is 8.64. The Balaban J connectivity index is 2.17. The van der Waals surface area contributed by atoms with Crippen LogP contribution in [0.2, 0.25) is 0 Å². The maximum absolute atomic E-state index is 13.7. The van der Waals surface area contributed by atoms with E-state index in [1.807, 2.05) is 0 Å². The molecule has 0 radical (unpaired) electrons. The van der Waals surface area contributed by atoms with Crippen molar-refractivity contribution in [2.24, 2.45) is 16.7 Å². The Hall–Kier alpha value is -3.03. The summed E-state index contributed by atoms with van der Waals surface area (Å²) in [5, 5.41) is 48.4. The highest BCUT2D eigenvalue weighted by Gasteiger charge is 2.77. The smallest absolute Gasteiger partial charge is 0.338 e. The number of esters is 4. The van der Waals surface area contributed by atoms with E-state index in [9.17, 15) is 39.6 Å². The van der Waals surface area contributed by atoms with Crippen molar-refractivity contribution in [2.45, 2.75) is 109 Å². The van der Waals surface area contributed by atoms with Crippen molar-refractivity contribution < 1.29 is 58.6 Å². The van der Waals surface area contributed by atoms with E-state index in [0.29, 0.717) is 0 Å². The molecule has 2 saturated carbocycles. The molecule has 0 saturated heterocycles. The van der Waals surface area contributed by atoms with Crippen molar-refractivity contribution in [3.05, 3.63) is 47.0 Å². The third-order valence-electron chi connectivity index (χ3n) is 10.3. The van der Waals surface area contributed by atoms with Gasteiger partial charge in [0, 0.05) is 33.1 Å². The van der Waals surface area contributed by atoms with Gasteiger partial charge in [0.25, 0.3) is 0 Å². The van der Waals surface area contributed by atoms with Gasteiger partial charge in [-0.05, 0) is 50.5 Å². The monoisotopic (exact) mass is 666 g/mol. The Kier molecular flexibility index (Phi) is 9.76. The van der Waals surface area contributed by atoms with E-state index < -0.39 is 94.3 Å². The molecule has 1 aromatic carbocycles. The molecule has 13 heteroatoms. The standard InChI is InChI=1S/C33H43ClO12/c1-16-21(38)14-32(30(5,6)41)24(16)25(39)27(46-29(40)20-11-9-8-10-12-20)31(7)22(43-17(2)35)13-23(44-18(3)36)33(42,15-34)26(31)28(32)45-19(4)37/h8-12,21-23,25-28,38-39,41-42H,13-15H2,1-7H3/t21-,22-,23-,25+,26-,27-,28-,31+,32-,33-/m0/s1. The zero-order valence-electron chi connectivity index (χ0n) is 27.0. The average Bonchev–Trinajstić information content (AvgIpc) is 3.20. The lowest BCUT2D eigenvalue weighted by Crippen LogP contribution is -2.73. The molecule has 0 spiro atoms. The topological polar surface area (TPSA) is 186 Å². The maximum Gasteiger partial charge on any atom is 0.338 e. The van der Waals surface area contributed by atoms with Crippen LogP contribution in [0.1, 0.15) is 71.7 Å². The number of aliphatic hydroxyl groups excluding tert-OH is 2. The maximum atomic E-state index is 13.7. The average molecular weight is 667 g/mol.